The van der Waals surface area contributed by atoms with E-state index in [1.54, 1.807) is 24.0 Å². The summed E-state index contributed by atoms with van der Waals surface area (Å²) in [6.07, 6.45) is 3.65. The van der Waals surface area contributed by atoms with Gasteiger partial charge in [-0.2, -0.15) is 0 Å². The third-order valence-electron chi connectivity index (χ3n) is 5.74. The zero-order chi connectivity index (χ0) is 25.4. The molecule has 1 aliphatic heterocycles. The molecule has 186 valence electrons. The number of nitrogens with zero attached hydrogens (tertiary/aromatic N) is 5. The quantitative estimate of drug-likeness (QED) is 0.245. The van der Waals surface area contributed by atoms with Gasteiger partial charge in [-0.15, -0.1) is 23.1 Å². The first kappa shape index (κ1) is 24.5. The SMILES string of the molecule is CC1=CSC(C(C)CCC(=O)O)N1Nc1nc(-c2c[nH]c3ncc(Cl)nc23)nc(-c2cccs2)c1F. The van der Waals surface area contributed by atoms with Crippen LogP contribution in [-0.4, -0.2) is 46.4 Å². The molecular formula is C23H21ClFN7O2S2. The molecule has 4 aromatic rings. The molecule has 0 saturated heterocycles. The molecule has 0 aromatic carbocycles. The van der Waals surface area contributed by atoms with E-state index >= 15 is 4.39 Å². The van der Waals surface area contributed by atoms with E-state index in [1.807, 2.05) is 35.7 Å². The molecule has 5 rings (SSSR count). The van der Waals surface area contributed by atoms with Crippen LogP contribution in [0.15, 0.2) is 41.0 Å². The maximum Gasteiger partial charge on any atom is 0.303 e. The molecule has 0 spiro atoms. The number of carboxylic acid groups (broad SMARTS) is 1. The lowest BCUT2D eigenvalue weighted by atomic mass is 10.1. The Balaban J connectivity index is 1.56. The van der Waals surface area contributed by atoms with Gasteiger partial charge in [-0.3, -0.25) is 15.2 Å². The van der Waals surface area contributed by atoms with Crippen LogP contribution in [0.25, 0.3) is 33.1 Å². The second kappa shape index (κ2) is 10.0. The Morgan fingerprint density at radius 2 is 2.22 bits per heavy atom. The molecule has 0 saturated carbocycles. The first-order valence-corrected chi connectivity index (χ1v) is 13.2. The van der Waals surface area contributed by atoms with Gasteiger partial charge in [0.15, 0.2) is 23.1 Å². The first-order valence-electron chi connectivity index (χ1n) is 11.0. The topological polar surface area (TPSA) is 120 Å². The summed E-state index contributed by atoms with van der Waals surface area (Å²) in [7, 11) is 0. The highest BCUT2D eigenvalue weighted by Crippen LogP contribution is 2.39. The molecule has 2 unspecified atom stereocenters. The van der Waals surface area contributed by atoms with Crippen molar-refractivity contribution >= 4 is 57.7 Å². The van der Waals surface area contributed by atoms with Crippen molar-refractivity contribution in [2.75, 3.05) is 5.43 Å². The van der Waals surface area contributed by atoms with E-state index in [4.69, 9.17) is 16.7 Å². The summed E-state index contributed by atoms with van der Waals surface area (Å²) in [5.41, 5.74) is 5.70. The molecule has 36 heavy (non-hydrogen) atoms. The number of H-pyrrole nitrogens is 1. The van der Waals surface area contributed by atoms with Crippen LogP contribution in [0.3, 0.4) is 0 Å². The molecule has 5 heterocycles. The van der Waals surface area contributed by atoms with Crippen molar-refractivity contribution in [2.45, 2.75) is 32.1 Å². The Morgan fingerprint density at radius 3 is 2.97 bits per heavy atom. The van der Waals surface area contributed by atoms with Crippen molar-refractivity contribution in [3.05, 3.63) is 52.0 Å². The zero-order valence-electron chi connectivity index (χ0n) is 19.2. The summed E-state index contributed by atoms with van der Waals surface area (Å²) in [4.78, 5) is 32.4. The van der Waals surface area contributed by atoms with Crippen molar-refractivity contribution in [3.8, 4) is 22.0 Å². The van der Waals surface area contributed by atoms with Gasteiger partial charge in [0.2, 0.25) is 0 Å². The highest BCUT2D eigenvalue weighted by atomic mass is 35.5. The molecular weight excluding hydrogens is 525 g/mol. The van der Waals surface area contributed by atoms with Crippen LogP contribution in [0.1, 0.15) is 26.7 Å². The van der Waals surface area contributed by atoms with E-state index in [0.29, 0.717) is 28.0 Å². The average molecular weight is 546 g/mol. The Morgan fingerprint density at radius 1 is 1.39 bits per heavy atom. The standard InChI is InChI=1S/C23H21ClFN7O2S2/c1-11(5-6-16(33)34)23-32(12(2)10-36-23)31-21-17(25)19(14-4-3-7-35-14)29-20(30-21)13-8-26-22-18(13)28-15(24)9-27-22/h3-4,7-11,23H,5-6H2,1-2H3,(H,26,27)(H,33,34)(H,29,30,31). The summed E-state index contributed by atoms with van der Waals surface area (Å²) in [5, 5.41) is 14.8. The third kappa shape index (κ3) is 4.75. The minimum absolute atomic E-state index is 0.00146. The summed E-state index contributed by atoms with van der Waals surface area (Å²) < 4.78 is 15.8. The van der Waals surface area contributed by atoms with Crippen LogP contribution in [0, 0.1) is 11.7 Å². The summed E-state index contributed by atoms with van der Waals surface area (Å²) in [6, 6.07) is 3.62. The van der Waals surface area contributed by atoms with Crippen LogP contribution in [-0.2, 0) is 4.79 Å². The number of carboxylic acids is 1. The zero-order valence-corrected chi connectivity index (χ0v) is 21.6. The molecule has 1 aliphatic rings. The van der Waals surface area contributed by atoms with Crippen LogP contribution < -0.4 is 5.43 Å². The number of thioether (sulfide) groups is 1. The van der Waals surface area contributed by atoms with Gasteiger partial charge in [-0.05, 0) is 36.1 Å². The fourth-order valence-electron chi connectivity index (χ4n) is 3.89. The largest absolute Gasteiger partial charge is 0.481 e. The number of hydrogen-bond donors (Lipinski definition) is 3. The first-order chi connectivity index (χ1) is 17.3. The number of thiophene rings is 1. The number of allylic oxidation sites excluding steroid dienone is 1. The number of hydrazine groups is 1. The van der Waals surface area contributed by atoms with E-state index in [0.717, 1.165) is 5.70 Å². The molecule has 0 fully saturated rings. The lowest BCUT2D eigenvalue weighted by Crippen LogP contribution is -2.38. The molecule has 3 N–H and O–H groups in total. The smallest absolute Gasteiger partial charge is 0.303 e. The van der Waals surface area contributed by atoms with Gasteiger partial charge in [-0.1, -0.05) is 24.6 Å². The number of halogens is 2. The summed E-state index contributed by atoms with van der Waals surface area (Å²) in [5.74, 6) is -1.16. The number of aromatic nitrogens is 5. The Bertz CT molecular complexity index is 1460. The molecule has 0 radical (unpaired) electrons. The highest BCUT2D eigenvalue weighted by Gasteiger charge is 2.32. The minimum atomic E-state index is -0.844. The number of carbonyl (C=O) groups is 1. The van der Waals surface area contributed by atoms with E-state index in [-0.39, 0.29) is 40.2 Å². The van der Waals surface area contributed by atoms with Crippen molar-refractivity contribution in [1.29, 1.82) is 0 Å². The number of anilines is 1. The maximum absolute atomic E-state index is 15.8. The number of fused-ring (bicyclic) bond motifs is 1. The second-order valence-corrected chi connectivity index (χ2v) is 10.6. The van der Waals surface area contributed by atoms with E-state index in [1.165, 1.54) is 17.5 Å². The minimum Gasteiger partial charge on any atom is -0.481 e. The van der Waals surface area contributed by atoms with E-state index in [2.05, 4.69) is 30.3 Å². The highest BCUT2D eigenvalue weighted by molar-refractivity contribution is 8.02. The van der Waals surface area contributed by atoms with Crippen molar-refractivity contribution < 1.29 is 14.3 Å². The molecule has 13 heteroatoms. The lowest BCUT2D eigenvalue weighted by molar-refractivity contribution is -0.137. The normalized spacial score (nSPS) is 16.4. The van der Waals surface area contributed by atoms with Crippen LogP contribution in [0.5, 0.6) is 0 Å². The van der Waals surface area contributed by atoms with Gasteiger partial charge in [0.25, 0.3) is 0 Å². The monoisotopic (exact) mass is 545 g/mol. The van der Waals surface area contributed by atoms with Crippen LogP contribution in [0.2, 0.25) is 5.15 Å². The molecule has 4 aromatic heterocycles. The molecule has 0 aliphatic carbocycles. The van der Waals surface area contributed by atoms with Gasteiger partial charge in [0.1, 0.15) is 21.7 Å². The molecule has 2 atom stereocenters. The van der Waals surface area contributed by atoms with Gasteiger partial charge in [0, 0.05) is 18.3 Å². The van der Waals surface area contributed by atoms with Crippen LogP contribution in [0.4, 0.5) is 10.2 Å². The second-order valence-electron chi connectivity index (χ2n) is 8.31. The number of nitrogens with one attached hydrogen (secondary N) is 2. The van der Waals surface area contributed by atoms with Gasteiger partial charge < -0.3 is 10.1 Å². The van der Waals surface area contributed by atoms with Crippen molar-refractivity contribution in [3.63, 3.8) is 0 Å². The lowest BCUT2D eigenvalue weighted by Gasteiger charge is -2.32. The predicted molar refractivity (Wildman–Crippen MR) is 140 cm³/mol. The Hall–Kier alpha value is -3.22. The van der Waals surface area contributed by atoms with E-state index in [9.17, 15) is 4.79 Å². The maximum atomic E-state index is 15.8. The van der Waals surface area contributed by atoms with Gasteiger partial charge in [0.05, 0.1) is 16.6 Å². The number of hydrogen-bond acceptors (Lipinski definition) is 9. The number of aromatic amines is 1. The fraction of sp³-hybridized carbons (Fsp3) is 0.261. The average Bonchev–Trinajstić information content (AvgIpc) is 3.60. The molecule has 9 nitrogen and oxygen atoms in total. The predicted octanol–water partition coefficient (Wildman–Crippen LogP) is 6.00. The van der Waals surface area contributed by atoms with Gasteiger partial charge >= 0.3 is 5.97 Å². The van der Waals surface area contributed by atoms with Crippen molar-refractivity contribution in [2.24, 2.45) is 5.92 Å². The number of rotatable bonds is 8. The van der Waals surface area contributed by atoms with Crippen LogP contribution >= 0.6 is 34.7 Å². The summed E-state index contributed by atoms with van der Waals surface area (Å²) in [6.45, 7) is 3.89. The number of aliphatic carboxylic acids is 1. The Labute approximate surface area is 218 Å². The fourth-order valence-corrected chi connectivity index (χ4v) is 5.93. The third-order valence-corrected chi connectivity index (χ3v) is 8.23. The van der Waals surface area contributed by atoms with Crippen molar-refractivity contribution in [1.82, 2.24) is 29.9 Å². The Kier molecular flexibility index (Phi) is 6.82. The summed E-state index contributed by atoms with van der Waals surface area (Å²) >= 11 is 9.00. The molecule has 0 amide bonds. The molecule has 0 bridgehead atoms. The van der Waals surface area contributed by atoms with E-state index < -0.39 is 11.8 Å². The van der Waals surface area contributed by atoms with Gasteiger partial charge in [-0.25, -0.2) is 24.3 Å².